The first kappa shape index (κ1) is 28.8. The van der Waals surface area contributed by atoms with Gasteiger partial charge >= 0.3 is 22.3 Å². The third kappa shape index (κ3) is 7.64. The number of aryl methyl sites for hydroxylation is 1. The van der Waals surface area contributed by atoms with Crippen LogP contribution in [0.4, 0.5) is 23.7 Å². The Balaban J connectivity index is 1.87. The molecule has 0 radical (unpaired) electrons. The number of rotatable bonds is 9. The molecule has 0 aromatic heterocycles. The number of anilines is 1. The molecule has 3 aromatic rings. The van der Waals surface area contributed by atoms with E-state index < -0.39 is 26.8 Å². The summed E-state index contributed by atoms with van der Waals surface area (Å²) in [5, 5.41) is 2.85. The zero-order chi connectivity index (χ0) is 28.1. The fraction of sp³-hybridized carbons (Fsp3) is 0.296. The van der Waals surface area contributed by atoms with Gasteiger partial charge in [0.05, 0.1) is 12.7 Å². The SMILES string of the molecule is COc1ccc(CN(CC(C)C)C(=O)Nc2ccc(C)cc2)cc1OS(=O)(=O)c1cccc(C(F)(F)F)c1. The van der Waals surface area contributed by atoms with Gasteiger partial charge in [-0.05, 0) is 60.9 Å². The number of halogens is 3. The van der Waals surface area contributed by atoms with Crippen molar-refractivity contribution in [1.82, 2.24) is 4.90 Å². The van der Waals surface area contributed by atoms with Crippen LogP contribution in [-0.2, 0) is 22.8 Å². The van der Waals surface area contributed by atoms with Crippen molar-refractivity contribution in [3.05, 3.63) is 83.4 Å². The number of hydrogen-bond acceptors (Lipinski definition) is 5. The van der Waals surface area contributed by atoms with Gasteiger partial charge in [-0.25, -0.2) is 4.79 Å². The normalized spacial score (nSPS) is 11.8. The predicted octanol–water partition coefficient (Wildman–Crippen LogP) is 6.48. The molecule has 0 saturated carbocycles. The van der Waals surface area contributed by atoms with Crippen LogP contribution in [0.1, 0.15) is 30.5 Å². The first-order valence-electron chi connectivity index (χ1n) is 11.7. The van der Waals surface area contributed by atoms with Crippen molar-refractivity contribution in [3.8, 4) is 11.5 Å². The monoisotopic (exact) mass is 550 g/mol. The van der Waals surface area contributed by atoms with Crippen molar-refractivity contribution in [1.29, 1.82) is 0 Å². The Morgan fingerprint density at radius 1 is 1.00 bits per heavy atom. The van der Waals surface area contributed by atoms with Crippen molar-refractivity contribution < 1.29 is 35.3 Å². The molecule has 3 aromatic carbocycles. The average Bonchev–Trinajstić information content (AvgIpc) is 2.84. The first-order chi connectivity index (χ1) is 17.8. The summed E-state index contributed by atoms with van der Waals surface area (Å²) in [7, 11) is -3.32. The number of benzene rings is 3. The molecule has 0 fully saturated rings. The molecule has 2 amide bonds. The van der Waals surface area contributed by atoms with E-state index in [0.717, 1.165) is 23.8 Å². The lowest BCUT2D eigenvalue weighted by Crippen LogP contribution is -2.37. The van der Waals surface area contributed by atoms with Gasteiger partial charge in [0.2, 0.25) is 0 Å². The molecule has 1 N–H and O–H groups in total. The number of ether oxygens (including phenoxy) is 1. The van der Waals surface area contributed by atoms with E-state index in [4.69, 9.17) is 8.92 Å². The Bertz CT molecular complexity index is 1370. The minimum atomic E-state index is -4.72. The van der Waals surface area contributed by atoms with E-state index in [-0.39, 0.29) is 30.0 Å². The second-order valence-corrected chi connectivity index (χ2v) is 10.7. The smallest absolute Gasteiger partial charge is 0.416 e. The molecule has 0 heterocycles. The molecule has 0 unspecified atom stereocenters. The topological polar surface area (TPSA) is 84.9 Å². The molecule has 0 bridgehead atoms. The Morgan fingerprint density at radius 2 is 1.68 bits per heavy atom. The fourth-order valence-corrected chi connectivity index (χ4v) is 4.58. The van der Waals surface area contributed by atoms with Gasteiger partial charge in [0.1, 0.15) is 4.90 Å². The largest absolute Gasteiger partial charge is 0.493 e. The molecule has 11 heteroatoms. The highest BCUT2D eigenvalue weighted by molar-refractivity contribution is 7.87. The highest BCUT2D eigenvalue weighted by Gasteiger charge is 2.32. The van der Waals surface area contributed by atoms with E-state index in [1.54, 1.807) is 23.1 Å². The van der Waals surface area contributed by atoms with Crippen molar-refractivity contribution in [2.75, 3.05) is 19.0 Å². The summed E-state index contributed by atoms with van der Waals surface area (Å²) in [4.78, 5) is 14.0. The number of nitrogens with zero attached hydrogens (tertiary/aromatic N) is 1. The molecule has 7 nitrogen and oxygen atoms in total. The van der Waals surface area contributed by atoms with Crippen LogP contribution < -0.4 is 14.2 Å². The molecule has 0 atom stereocenters. The number of carbonyl (C=O) groups excluding carboxylic acids is 1. The van der Waals surface area contributed by atoms with Gasteiger partial charge in [-0.3, -0.25) is 0 Å². The van der Waals surface area contributed by atoms with Crippen LogP contribution in [-0.4, -0.2) is 33.0 Å². The number of nitrogens with one attached hydrogen (secondary N) is 1. The molecule has 3 rings (SSSR count). The lowest BCUT2D eigenvalue weighted by Gasteiger charge is -2.25. The lowest BCUT2D eigenvalue weighted by atomic mass is 10.1. The summed E-state index contributed by atoms with van der Waals surface area (Å²) in [5.41, 5.74) is 1.08. The third-order valence-electron chi connectivity index (χ3n) is 5.43. The summed E-state index contributed by atoms with van der Waals surface area (Å²) in [6, 6.07) is 14.8. The second kappa shape index (κ2) is 11.8. The standard InChI is InChI=1S/C27H29F3N2O5S/c1-18(2)16-32(26(33)31-22-11-8-19(3)9-12-22)17-20-10-13-24(36-4)25(14-20)37-38(34,35)23-7-5-6-21(15-23)27(28,29)30/h5-15,18H,16-17H2,1-4H3,(H,31,33). The number of methoxy groups -OCH3 is 1. The maximum absolute atomic E-state index is 13.1. The Morgan fingerprint density at radius 3 is 2.29 bits per heavy atom. The van der Waals surface area contributed by atoms with Crippen LogP contribution in [0, 0.1) is 12.8 Å². The van der Waals surface area contributed by atoms with E-state index in [1.807, 2.05) is 32.9 Å². The number of alkyl halides is 3. The quantitative estimate of drug-likeness (QED) is 0.308. The Hall–Kier alpha value is -3.73. The van der Waals surface area contributed by atoms with Gasteiger partial charge in [-0.15, -0.1) is 0 Å². The van der Waals surface area contributed by atoms with Crippen molar-refractivity contribution >= 4 is 21.8 Å². The zero-order valence-electron chi connectivity index (χ0n) is 21.4. The van der Waals surface area contributed by atoms with Crippen molar-refractivity contribution in [3.63, 3.8) is 0 Å². The third-order valence-corrected chi connectivity index (χ3v) is 6.66. The molecule has 0 aliphatic carbocycles. The summed E-state index contributed by atoms with van der Waals surface area (Å²) in [5.74, 6) is -0.0244. The van der Waals surface area contributed by atoms with Gasteiger partial charge in [0.15, 0.2) is 11.5 Å². The molecule has 0 aliphatic heterocycles. The van der Waals surface area contributed by atoms with Crippen LogP contribution in [0.3, 0.4) is 0 Å². The van der Waals surface area contributed by atoms with Crippen molar-refractivity contribution in [2.45, 2.75) is 38.4 Å². The van der Waals surface area contributed by atoms with Crippen molar-refractivity contribution in [2.24, 2.45) is 5.92 Å². The fourth-order valence-electron chi connectivity index (χ4n) is 3.60. The van der Waals surface area contributed by atoms with Crippen LogP contribution in [0.5, 0.6) is 11.5 Å². The number of urea groups is 1. The first-order valence-corrected chi connectivity index (χ1v) is 13.1. The zero-order valence-corrected chi connectivity index (χ0v) is 22.2. The van der Waals surface area contributed by atoms with Crippen LogP contribution in [0.25, 0.3) is 0 Å². The molecule has 0 aliphatic rings. The number of amides is 2. The van der Waals surface area contributed by atoms with E-state index in [2.05, 4.69) is 5.32 Å². The maximum atomic E-state index is 13.1. The van der Waals surface area contributed by atoms with Gasteiger partial charge in [-0.2, -0.15) is 21.6 Å². The molecule has 204 valence electrons. The number of carbonyl (C=O) groups is 1. The van der Waals surface area contributed by atoms with Gasteiger partial charge in [0.25, 0.3) is 0 Å². The summed E-state index contributed by atoms with van der Waals surface area (Å²) in [6.45, 7) is 6.36. The van der Waals surface area contributed by atoms with Gasteiger partial charge in [-0.1, -0.05) is 43.7 Å². The maximum Gasteiger partial charge on any atom is 0.416 e. The minimum absolute atomic E-state index is 0.0591. The van der Waals surface area contributed by atoms with Crippen LogP contribution >= 0.6 is 0 Å². The molecular formula is C27H29F3N2O5S. The highest BCUT2D eigenvalue weighted by Crippen LogP contribution is 2.34. The summed E-state index contributed by atoms with van der Waals surface area (Å²) < 4.78 is 75.4. The summed E-state index contributed by atoms with van der Waals surface area (Å²) >= 11 is 0. The number of hydrogen-bond donors (Lipinski definition) is 1. The molecule has 0 spiro atoms. The van der Waals surface area contributed by atoms with Crippen LogP contribution in [0.15, 0.2) is 71.6 Å². The Kier molecular flexibility index (Phi) is 8.93. The molecule has 38 heavy (non-hydrogen) atoms. The predicted molar refractivity (Wildman–Crippen MR) is 138 cm³/mol. The van der Waals surface area contributed by atoms with E-state index in [0.29, 0.717) is 23.9 Å². The Labute approximate surface area is 220 Å². The van der Waals surface area contributed by atoms with E-state index >= 15 is 0 Å². The van der Waals surface area contributed by atoms with Gasteiger partial charge in [0, 0.05) is 18.8 Å². The van der Waals surface area contributed by atoms with Gasteiger partial charge < -0.3 is 19.1 Å². The highest BCUT2D eigenvalue weighted by atomic mass is 32.2. The van der Waals surface area contributed by atoms with E-state index in [1.165, 1.54) is 19.2 Å². The minimum Gasteiger partial charge on any atom is -0.493 e. The average molecular weight is 551 g/mol. The lowest BCUT2D eigenvalue weighted by molar-refractivity contribution is -0.137. The van der Waals surface area contributed by atoms with Crippen LogP contribution in [0.2, 0.25) is 0 Å². The van der Waals surface area contributed by atoms with E-state index in [9.17, 15) is 26.4 Å². The molecular weight excluding hydrogens is 521 g/mol. The molecule has 0 saturated heterocycles. The summed E-state index contributed by atoms with van der Waals surface area (Å²) in [6.07, 6.45) is -4.72. The second-order valence-electron chi connectivity index (χ2n) is 9.12.